The molecule has 3 aliphatic heterocycles. The summed E-state index contributed by atoms with van der Waals surface area (Å²) >= 11 is 6.47. The number of benzene rings is 2. The number of aryl methyl sites for hydroxylation is 1. The number of nitrogens with one attached hydrogen (secondary N) is 2. The molecule has 3 unspecified atom stereocenters. The van der Waals surface area contributed by atoms with Crippen LogP contribution in [0.25, 0.3) is 0 Å². The minimum absolute atomic E-state index is 0.0889. The van der Waals surface area contributed by atoms with Gasteiger partial charge in [-0.15, -0.1) is 0 Å². The lowest BCUT2D eigenvalue weighted by atomic mass is 9.62. The van der Waals surface area contributed by atoms with Gasteiger partial charge < -0.3 is 25.4 Å². The van der Waals surface area contributed by atoms with Gasteiger partial charge in [0.2, 0.25) is 17.7 Å². The fraction of sp³-hybridized carbons (Fsp3) is 0.531. The van der Waals surface area contributed by atoms with Gasteiger partial charge in [0.25, 0.3) is 0 Å². The molecule has 3 amide bonds. The number of amides is 3. The second-order valence-electron chi connectivity index (χ2n) is 12.5. The van der Waals surface area contributed by atoms with Gasteiger partial charge in [-0.2, -0.15) is 0 Å². The number of likely N-dealkylation sites (tertiary alicyclic amines) is 1. The fourth-order valence-electron chi connectivity index (χ4n) is 7.47. The minimum atomic E-state index is -1.22. The van der Waals surface area contributed by atoms with Gasteiger partial charge in [-0.3, -0.25) is 14.4 Å². The Morgan fingerprint density at radius 3 is 2.49 bits per heavy atom. The maximum Gasteiger partial charge on any atom is 0.250 e. The normalized spacial score (nSPS) is 30.9. The highest BCUT2D eigenvalue weighted by atomic mass is 35.5. The van der Waals surface area contributed by atoms with Crippen LogP contribution in [0.1, 0.15) is 51.7 Å². The molecule has 220 valence electrons. The maximum absolute atomic E-state index is 14.4. The van der Waals surface area contributed by atoms with Crippen molar-refractivity contribution in [1.29, 1.82) is 0 Å². The molecule has 3 saturated heterocycles. The first-order valence-electron chi connectivity index (χ1n) is 14.5. The van der Waals surface area contributed by atoms with Crippen molar-refractivity contribution in [3.63, 3.8) is 0 Å². The van der Waals surface area contributed by atoms with Crippen molar-refractivity contribution >= 4 is 35.0 Å². The van der Waals surface area contributed by atoms with Gasteiger partial charge in [-0.05, 0) is 55.7 Å². The van der Waals surface area contributed by atoms with Gasteiger partial charge in [0.05, 0.1) is 40.8 Å². The standard InChI is InChI=1S/C32H40ClN3O5/c1-18(2)14-22(17-37)36-27(29(39)35-26-19(3)10-9-13-23(26)33)32-15-20(4)31(5,41-32)24(25(32)30(36)40)28(38)34-16-21-11-7-6-8-12-21/h6-13,18,20,22,24-25,27,37H,14-17H2,1-5H3,(H,34,38)(H,35,39)/t20?,22-,24+,25+,27?,31-,32?/m1/s1. The number of para-hydroxylation sites is 1. The van der Waals surface area contributed by atoms with Crippen LogP contribution in [0.2, 0.25) is 5.02 Å². The first-order chi connectivity index (χ1) is 19.4. The molecule has 0 radical (unpaired) electrons. The second-order valence-corrected chi connectivity index (χ2v) is 12.9. The number of aliphatic hydroxyl groups is 1. The molecule has 8 nitrogen and oxygen atoms in total. The Morgan fingerprint density at radius 1 is 1.15 bits per heavy atom. The van der Waals surface area contributed by atoms with Gasteiger partial charge in [0.15, 0.2) is 0 Å². The monoisotopic (exact) mass is 581 g/mol. The maximum atomic E-state index is 14.4. The molecule has 2 bridgehead atoms. The third-order valence-electron chi connectivity index (χ3n) is 9.41. The van der Waals surface area contributed by atoms with Gasteiger partial charge in [0.1, 0.15) is 11.6 Å². The molecule has 3 heterocycles. The van der Waals surface area contributed by atoms with Crippen LogP contribution in [0, 0.1) is 30.6 Å². The van der Waals surface area contributed by atoms with E-state index in [9.17, 15) is 19.5 Å². The summed E-state index contributed by atoms with van der Waals surface area (Å²) in [4.78, 5) is 44.1. The summed E-state index contributed by atoms with van der Waals surface area (Å²) in [5, 5.41) is 16.9. The molecular formula is C32H40ClN3O5. The molecule has 2 aromatic rings. The molecule has 3 aliphatic rings. The van der Waals surface area contributed by atoms with E-state index in [4.69, 9.17) is 16.3 Å². The number of carbonyl (C=O) groups is 3. The molecule has 5 rings (SSSR count). The molecule has 1 spiro atoms. The van der Waals surface area contributed by atoms with Crippen LogP contribution in [0.3, 0.4) is 0 Å². The molecule has 41 heavy (non-hydrogen) atoms. The average Bonchev–Trinajstić information content (AvgIpc) is 3.45. The SMILES string of the molecule is Cc1cccc(Cl)c1NC(=O)C1N([C@@H](CO)CC(C)C)C(=O)[C@@H]2[C@@H](C(=O)NCc3ccccc3)[C@]3(C)OC12CC3C. The summed E-state index contributed by atoms with van der Waals surface area (Å²) in [5.41, 5.74) is 0.0519. The zero-order chi connectivity index (χ0) is 29.7. The van der Waals surface area contributed by atoms with Crippen molar-refractivity contribution in [2.24, 2.45) is 23.7 Å². The van der Waals surface area contributed by atoms with Crippen LogP contribution in [0.5, 0.6) is 0 Å². The van der Waals surface area contributed by atoms with Crippen LogP contribution < -0.4 is 10.6 Å². The van der Waals surface area contributed by atoms with Crippen LogP contribution in [0.15, 0.2) is 48.5 Å². The van der Waals surface area contributed by atoms with E-state index in [0.717, 1.165) is 11.1 Å². The number of hydrogen-bond donors (Lipinski definition) is 3. The molecule has 0 aliphatic carbocycles. The smallest absolute Gasteiger partial charge is 0.250 e. The topological polar surface area (TPSA) is 108 Å². The van der Waals surface area contributed by atoms with E-state index in [2.05, 4.69) is 10.6 Å². The third kappa shape index (κ3) is 4.84. The Balaban J connectivity index is 1.55. The second kappa shape index (κ2) is 11.0. The van der Waals surface area contributed by atoms with Gasteiger partial charge in [-0.1, -0.05) is 74.8 Å². The lowest BCUT2D eigenvalue weighted by Crippen LogP contribution is -2.56. The third-order valence-corrected chi connectivity index (χ3v) is 9.73. The van der Waals surface area contributed by atoms with Crippen molar-refractivity contribution in [3.8, 4) is 0 Å². The summed E-state index contributed by atoms with van der Waals surface area (Å²) in [7, 11) is 0. The van der Waals surface area contributed by atoms with E-state index in [1.54, 1.807) is 12.1 Å². The number of carbonyl (C=O) groups excluding carboxylic acids is 3. The highest BCUT2D eigenvalue weighted by molar-refractivity contribution is 6.34. The molecule has 7 atom stereocenters. The zero-order valence-electron chi connectivity index (χ0n) is 24.3. The lowest BCUT2D eigenvalue weighted by molar-refractivity contribution is -0.149. The van der Waals surface area contributed by atoms with E-state index >= 15 is 0 Å². The number of aliphatic hydroxyl groups excluding tert-OH is 1. The Labute approximate surface area is 246 Å². The number of hydrogen-bond acceptors (Lipinski definition) is 5. The van der Waals surface area contributed by atoms with Crippen LogP contribution >= 0.6 is 11.6 Å². The molecular weight excluding hydrogens is 542 g/mol. The Hall–Kier alpha value is -2.94. The van der Waals surface area contributed by atoms with Crippen LogP contribution in [-0.2, 0) is 25.7 Å². The number of rotatable bonds is 9. The minimum Gasteiger partial charge on any atom is -0.394 e. The van der Waals surface area contributed by atoms with Gasteiger partial charge in [-0.25, -0.2) is 0 Å². The predicted molar refractivity (Wildman–Crippen MR) is 157 cm³/mol. The largest absolute Gasteiger partial charge is 0.394 e. The number of halogens is 1. The Kier molecular flexibility index (Phi) is 7.96. The average molecular weight is 582 g/mol. The number of anilines is 1. The molecule has 2 aromatic carbocycles. The number of nitrogens with zero attached hydrogens (tertiary/aromatic N) is 1. The Morgan fingerprint density at radius 2 is 1.85 bits per heavy atom. The molecule has 9 heteroatoms. The van der Waals surface area contributed by atoms with E-state index in [1.807, 2.05) is 71.0 Å². The van der Waals surface area contributed by atoms with E-state index in [0.29, 0.717) is 30.1 Å². The van der Waals surface area contributed by atoms with E-state index < -0.39 is 41.0 Å². The van der Waals surface area contributed by atoms with Crippen molar-refractivity contribution in [2.75, 3.05) is 11.9 Å². The van der Waals surface area contributed by atoms with Crippen molar-refractivity contribution in [3.05, 3.63) is 64.7 Å². The molecule has 0 aromatic heterocycles. The number of fused-ring (bicyclic) bond motifs is 1. The van der Waals surface area contributed by atoms with Crippen molar-refractivity contribution in [2.45, 2.75) is 77.3 Å². The summed E-state index contributed by atoms with van der Waals surface area (Å²) in [6.45, 7) is 9.79. The van der Waals surface area contributed by atoms with Crippen LogP contribution in [-0.4, -0.2) is 57.6 Å². The van der Waals surface area contributed by atoms with Gasteiger partial charge in [0, 0.05) is 6.54 Å². The van der Waals surface area contributed by atoms with E-state index in [1.165, 1.54) is 4.90 Å². The quantitative estimate of drug-likeness (QED) is 0.409. The van der Waals surface area contributed by atoms with Crippen molar-refractivity contribution < 1.29 is 24.2 Å². The van der Waals surface area contributed by atoms with E-state index in [-0.39, 0.29) is 30.3 Å². The fourth-order valence-corrected chi connectivity index (χ4v) is 7.74. The van der Waals surface area contributed by atoms with Crippen molar-refractivity contribution in [1.82, 2.24) is 10.2 Å². The highest BCUT2D eigenvalue weighted by Gasteiger charge is 2.80. The first-order valence-corrected chi connectivity index (χ1v) is 14.8. The summed E-state index contributed by atoms with van der Waals surface area (Å²) in [6.07, 6.45) is 0.940. The Bertz CT molecular complexity index is 1320. The summed E-state index contributed by atoms with van der Waals surface area (Å²) < 4.78 is 6.80. The van der Waals surface area contributed by atoms with Crippen LogP contribution in [0.4, 0.5) is 5.69 Å². The molecule has 3 N–H and O–H groups in total. The summed E-state index contributed by atoms with van der Waals surface area (Å²) in [6, 6.07) is 13.3. The lowest BCUT2D eigenvalue weighted by Gasteiger charge is -2.37. The first kappa shape index (κ1) is 29.5. The number of ether oxygens (including phenoxy) is 1. The van der Waals surface area contributed by atoms with Gasteiger partial charge >= 0.3 is 0 Å². The summed E-state index contributed by atoms with van der Waals surface area (Å²) in [5.74, 6) is -2.60. The predicted octanol–water partition coefficient (Wildman–Crippen LogP) is 4.32. The molecule has 0 saturated carbocycles. The highest BCUT2D eigenvalue weighted by Crippen LogP contribution is 2.65. The molecule has 3 fully saturated rings. The zero-order valence-corrected chi connectivity index (χ0v) is 25.1.